The van der Waals surface area contributed by atoms with Crippen LogP contribution in [0.15, 0.2) is 47.4 Å². The van der Waals surface area contributed by atoms with E-state index in [4.69, 9.17) is 0 Å². The molecule has 45 heavy (non-hydrogen) atoms. The molecule has 0 radical (unpaired) electrons. The minimum Gasteiger partial charge on any atom is -0.507 e. The molecule has 5 rings (SSSR count). The second kappa shape index (κ2) is 12.0. The predicted molar refractivity (Wildman–Crippen MR) is 152 cm³/mol. The van der Waals surface area contributed by atoms with E-state index < -0.39 is 72.7 Å². The number of aromatic carboxylic acids is 1. The monoisotopic (exact) mass is 652 g/mol. The quantitative estimate of drug-likeness (QED) is 0.161. The number of aromatic hydroxyl groups is 1. The molecule has 0 saturated heterocycles. The number of carboxylic acids is 1. The Balaban J connectivity index is 1.53. The van der Waals surface area contributed by atoms with Gasteiger partial charge < -0.3 is 15.1 Å². The van der Waals surface area contributed by atoms with Crippen LogP contribution < -0.4 is 4.90 Å². The number of carboxylic acid groups (broad SMARTS) is 1. The van der Waals surface area contributed by atoms with E-state index >= 15 is 0 Å². The molecule has 0 bridgehead atoms. The van der Waals surface area contributed by atoms with Crippen molar-refractivity contribution in [1.82, 2.24) is 4.31 Å². The minimum absolute atomic E-state index is 0.0211. The van der Waals surface area contributed by atoms with Gasteiger partial charge in [-0.2, -0.15) is 4.31 Å². The Morgan fingerprint density at radius 1 is 0.867 bits per heavy atom. The number of hydrogen-bond acceptors (Lipinski definition) is 5. The molecular formula is C31H29F5N2O6S. The van der Waals surface area contributed by atoms with Crippen molar-refractivity contribution >= 4 is 27.6 Å². The molecule has 1 amide bonds. The number of carbonyl (C=O) groups excluding carboxylic acids is 1. The Morgan fingerprint density at radius 3 is 1.93 bits per heavy atom. The molecule has 0 atom stereocenters. The molecule has 240 valence electrons. The van der Waals surface area contributed by atoms with Crippen molar-refractivity contribution in [3.05, 3.63) is 88.2 Å². The van der Waals surface area contributed by atoms with Gasteiger partial charge in [0.1, 0.15) is 16.9 Å². The molecule has 3 aromatic rings. The maximum Gasteiger partial charge on any atom is 0.339 e. The lowest BCUT2D eigenvalue weighted by atomic mass is 9.84. The van der Waals surface area contributed by atoms with Gasteiger partial charge >= 0.3 is 5.97 Å². The van der Waals surface area contributed by atoms with E-state index in [0.717, 1.165) is 55.3 Å². The molecule has 3 aromatic carbocycles. The summed E-state index contributed by atoms with van der Waals surface area (Å²) in [7, 11) is -4.67. The summed E-state index contributed by atoms with van der Waals surface area (Å²) in [5, 5.41) is 19.7. The van der Waals surface area contributed by atoms with Gasteiger partial charge in [-0.15, -0.1) is 0 Å². The normalized spacial score (nSPS) is 16.5. The lowest BCUT2D eigenvalue weighted by Crippen LogP contribution is -2.51. The van der Waals surface area contributed by atoms with Crippen LogP contribution in [0.5, 0.6) is 5.75 Å². The zero-order valence-electron chi connectivity index (χ0n) is 24.0. The molecule has 2 N–H and O–H groups in total. The highest BCUT2D eigenvalue weighted by Crippen LogP contribution is 2.47. The number of anilines is 1. The van der Waals surface area contributed by atoms with Gasteiger partial charge in [-0.25, -0.2) is 35.2 Å². The first-order chi connectivity index (χ1) is 21.2. The van der Waals surface area contributed by atoms with Gasteiger partial charge in [0.15, 0.2) is 28.2 Å². The summed E-state index contributed by atoms with van der Waals surface area (Å²) in [6.45, 7) is -0.187. The number of likely N-dealkylation sites (N-methyl/N-ethyl adjacent to an activating group) is 1. The number of halogens is 5. The van der Waals surface area contributed by atoms with Crippen LogP contribution in [0.2, 0.25) is 0 Å². The first-order valence-corrected chi connectivity index (χ1v) is 15.6. The van der Waals surface area contributed by atoms with Crippen molar-refractivity contribution in [3.63, 3.8) is 0 Å². The average molecular weight is 653 g/mol. The van der Waals surface area contributed by atoms with Crippen LogP contribution in [0.25, 0.3) is 0 Å². The molecule has 8 nitrogen and oxygen atoms in total. The summed E-state index contributed by atoms with van der Waals surface area (Å²) in [4.78, 5) is 24.6. The maximum atomic E-state index is 14.6. The zero-order chi connectivity index (χ0) is 32.8. The second-order valence-electron chi connectivity index (χ2n) is 11.4. The summed E-state index contributed by atoms with van der Waals surface area (Å²) < 4.78 is 97.8. The Kier molecular flexibility index (Phi) is 8.66. The topological polar surface area (TPSA) is 115 Å². The molecule has 14 heteroatoms. The molecule has 0 heterocycles. The van der Waals surface area contributed by atoms with Gasteiger partial charge in [0.25, 0.3) is 0 Å². The lowest BCUT2D eigenvalue weighted by molar-refractivity contribution is -0.123. The number of phenols is 1. The van der Waals surface area contributed by atoms with Crippen LogP contribution >= 0.6 is 0 Å². The minimum atomic E-state index is -5.47. The van der Waals surface area contributed by atoms with Crippen molar-refractivity contribution in [2.45, 2.75) is 67.8 Å². The summed E-state index contributed by atoms with van der Waals surface area (Å²) in [6.07, 6.45) is 5.19. The van der Waals surface area contributed by atoms with E-state index in [2.05, 4.69) is 0 Å². The molecule has 0 aliphatic heterocycles. The standard InChI is InChI=1S/C31H29F5N2O6S/c1-37(45(43,44)28-26(35)24(33)23(32)25(34)27(28)36)31(13-14-31)30(42)38(20-11-12-21(29(40)41)22(39)15-20)16-17-7-9-19(10-8-17)18-5-3-2-4-6-18/h7-12,15,18,39H,2-6,13-14,16H2,1H3,(H,40,41). The molecule has 0 unspecified atom stereocenters. The third-order valence-corrected chi connectivity index (χ3v) is 10.6. The van der Waals surface area contributed by atoms with Crippen LogP contribution in [0.4, 0.5) is 27.6 Å². The van der Waals surface area contributed by atoms with E-state index in [9.17, 15) is 50.2 Å². The van der Waals surface area contributed by atoms with Crippen molar-refractivity contribution in [3.8, 4) is 5.75 Å². The van der Waals surface area contributed by atoms with E-state index in [1.165, 1.54) is 12.5 Å². The highest BCUT2D eigenvalue weighted by molar-refractivity contribution is 7.89. The third kappa shape index (κ3) is 5.76. The Bertz CT molecular complexity index is 1740. The van der Waals surface area contributed by atoms with Crippen molar-refractivity contribution in [1.29, 1.82) is 0 Å². The molecular weight excluding hydrogens is 623 g/mol. The summed E-state index contributed by atoms with van der Waals surface area (Å²) in [5.74, 6) is -15.2. The SMILES string of the molecule is CN(C1(C(=O)N(Cc2ccc(C3CCCCC3)cc2)c2ccc(C(=O)O)c(O)c2)CC1)S(=O)(=O)c1c(F)c(F)c(F)c(F)c1F. The fraction of sp³-hybridized carbons (Fsp3) is 0.355. The largest absolute Gasteiger partial charge is 0.507 e. The van der Waals surface area contributed by atoms with Crippen LogP contribution in [-0.2, 0) is 21.4 Å². The summed E-state index contributed by atoms with van der Waals surface area (Å²) in [5.41, 5.74) is -0.762. The van der Waals surface area contributed by atoms with Crippen molar-refractivity contribution in [2.24, 2.45) is 0 Å². The number of amides is 1. The molecule has 2 fully saturated rings. The number of hydrogen-bond donors (Lipinski definition) is 2. The Hall–Kier alpha value is -4.04. The Labute approximate surface area is 255 Å². The molecule has 0 aromatic heterocycles. The fourth-order valence-electron chi connectivity index (χ4n) is 5.87. The summed E-state index contributed by atoms with van der Waals surface area (Å²) in [6, 6.07) is 10.7. The van der Waals surface area contributed by atoms with Crippen LogP contribution in [0, 0.1) is 29.1 Å². The highest BCUT2D eigenvalue weighted by Gasteiger charge is 2.60. The smallest absolute Gasteiger partial charge is 0.339 e. The highest BCUT2D eigenvalue weighted by atomic mass is 32.2. The lowest BCUT2D eigenvalue weighted by Gasteiger charge is -2.33. The molecule has 2 saturated carbocycles. The predicted octanol–water partition coefficient (Wildman–Crippen LogP) is 6.22. The van der Waals surface area contributed by atoms with Gasteiger partial charge in [0.2, 0.25) is 21.7 Å². The van der Waals surface area contributed by atoms with Crippen molar-refractivity contribution < 1.29 is 50.2 Å². The fourth-order valence-corrected chi connectivity index (χ4v) is 7.50. The third-order valence-electron chi connectivity index (χ3n) is 8.68. The van der Waals surface area contributed by atoms with Gasteiger partial charge in [-0.05, 0) is 54.9 Å². The second-order valence-corrected chi connectivity index (χ2v) is 13.3. The molecule has 2 aliphatic rings. The van der Waals surface area contributed by atoms with Gasteiger partial charge in [0, 0.05) is 18.8 Å². The maximum absolute atomic E-state index is 14.6. The summed E-state index contributed by atoms with van der Waals surface area (Å²) >= 11 is 0. The number of sulfonamides is 1. The van der Waals surface area contributed by atoms with E-state index in [0.29, 0.717) is 15.8 Å². The van der Waals surface area contributed by atoms with Gasteiger partial charge in [0.05, 0.1) is 6.54 Å². The zero-order valence-corrected chi connectivity index (χ0v) is 24.8. The number of nitrogens with zero attached hydrogens (tertiary/aromatic N) is 2. The number of carbonyl (C=O) groups is 2. The molecule has 0 spiro atoms. The Morgan fingerprint density at radius 2 is 1.42 bits per heavy atom. The van der Waals surface area contributed by atoms with Crippen LogP contribution in [0.3, 0.4) is 0 Å². The first kappa shape index (κ1) is 32.4. The number of benzene rings is 3. The average Bonchev–Trinajstić information content (AvgIpc) is 3.83. The van der Waals surface area contributed by atoms with Crippen molar-refractivity contribution in [2.75, 3.05) is 11.9 Å². The van der Waals surface area contributed by atoms with E-state index in [1.54, 1.807) is 12.1 Å². The van der Waals surface area contributed by atoms with Crippen LogP contribution in [-0.4, -0.2) is 47.4 Å². The molecule has 2 aliphatic carbocycles. The van der Waals surface area contributed by atoms with Crippen LogP contribution in [0.1, 0.15) is 72.3 Å². The first-order valence-electron chi connectivity index (χ1n) is 14.2. The van der Waals surface area contributed by atoms with Gasteiger partial charge in [-0.1, -0.05) is 43.5 Å². The van der Waals surface area contributed by atoms with E-state index in [-0.39, 0.29) is 25.1 Å². The number of rotatable bonds is 9. The van der Waals surface area contributed by atoms with Gasteiger partial charge in [-0.3, -0.25) is 4.79 Å². The van der Waals surface area contributed by atoms with E-state index in [1.807, 2.05) is 12.1 Å².